The van der Waals surface area contributed by atoms with Gasteiger partial charge in [0.1, 0.15) is 5.65 Å². The molecule has 94 valence electrons. The fourth-order valence-electron chi connectivity index (χ4n) is 1.71. The minimum Gasteiger partial charge on any atom is -0.486 e. The van der Waals surface area contributed by atoms with Crippen molar-refractivity contribution in [2.24, 2.45) is 7.05 Å². The number of rotatable bonds is 2. The molecule has 0 unspecified atom stereocenters. The van der Waals surface area contributed by atoms with Crippen LogP contribution in [-0.4, -0.2) is 20.6 Å². The van der Waals surface area contributed by atoms with Crippen LogP contribution in [0, 0.1) is 6.57 Å². The van der Waals surface area contributed by atoms with Gasteiger partial charge in [0.25, 0.3) is 11.3 Å². The van der Waals surface area contributed by atoms with E-state index in [2.05, 4.69) is 9.83 Å². The zero-order chi connectivity index (χ0) is 14.0. The van der Waals surface area contributed by atoms with Gasteiger partial charge in [-0.05, 0) is 24.3 Å². The molecule has 2 aromatic heterocycles. The van der Waals surface area contributed by atoms with Crippen LogP contribution in [-0.2, 0) is 11.8 Å². The number of nitrogens with zero attached hydrogens (tertiary/aromatic N) is 3. The number of carboxylic acid groups (broad SMARTS) is 1. The smallest absolute Gasteiger partial charge is 0.333 e. The number of aromatic nitrogens is 2. The SMILES string of the molecule is [C-]#[N+]/C(=C\c1cc2cccnc2n(C)c1=O)C(=O)O. The Morgan fingerprint density at radius 3 is 2.95 bits per heavy atom. The Morgan fingerprint density at radius 2 is 2.32 bits per heavy atom. The number of aryl methyl sites for hydroxylation is 1. The molecule has 2 aromatic rings. The summed E-state index contributed by atoms with van der Waals surface area (Å²) in [7, 11) is 1.55. The van der Waals surface area contributed by atoms with Crippen LogP contribution < -0.4 is 5.56 Å². The van der Waals surface area contributed by atoms with E-state index >= 15 is 0 Å². The lowest BCUT2D eigenvalue weighted by Crippen LogP contribution is -2.20. The highest BCUT2D eigenvalue weighted by atomic mass is 16.4. The summed E-state index contributed by atoms with van der Waals surface area (Å²) in [4.78, 5) is 29.8. The number of pyridine rings is 2. The number of hydrogen-bond donors (Lipinski definition) is 1. The molecule has 0 aliphatic rings. The maximum atomic E-state index is 12.0. The minimum absolute atomic E-state index is 0.149. The summed E-state index contributed by atoms with van der Waals surface area (Å²) < 4.78 is 1.32. The van der Waals surface area contributed by atoms with Crippen molar-refractivity contribution < 1.29 is 9.90 Å². The van der Waals surface area contributed by atoms with Crippen molar-refractivity contribution in [1.82, 2.24) is 9.55 Å². The normalized spacial score (nSPS) is 11.3. The van der Waals surface area contributed by atoms with Crippen LogP contribution in [0.3, 0.4) is 0 Å². The molecule has 2 heterocycles. The summed E-state index contributed by atoms with van der Waals surface area (Å²) in [5, 5.41) is 9.50. The van der Waals surface area contributed by atoms with Gasteiger partial charge in [-0.1, -0.05) is 0 Å². The number of carbonyl (C=O) groups is 1. The van der Waals surface area contributed by atoms with E-state index in [-0.39, 0.29) is 5.56 Å². The van der Waals surface area contributed by atoms with E-state index in [1.807, 2.05) is 0 Å². The van der Waals surface area contributed by atoms with Crippen LogP contribution in [0.25, 0.3) is 22.0 Å². The Kier molecular flexibility index (Phi) is 3.12. The van der Waals surface area contributed by atoms with Crippen LogP contribution in [0.5, 0.6) is 0 Å². The molecule has 0 spiro atoms. The molecule has 0 atom stereocenters. The third-order valence-corrected chi connectivity index (χ3v) is 2.63. The summed E-state index contributed by atoms with van der Waals surface area (Å²) in [5.41, 5.74) is -0.241. The van der Waals surface area contributed by atoms with E-state index in [1.54, 1.807) is 25.4 Å². The summed E-state index contributed by atoms with van der Waals surface area (Å²) >= 11 is 0. The predicted molar refractivity (Wildman–Crippen MR) is 69.2 cm³/mol. The lowest BCUT2D eigenvalue weighted by molar-refractivity contribution is -0.132. The minimum atomic E-state index is -1.36. The maximum Gasteiger partial charge on any atom is 0.333 e. The summed E-state index contributed by atoms with van der Waals surface area (Å²) in [6.45, 7) is 6.78. The van der Waals surface area contributed by atoms with Gasteiger partial charge in [-0.3, -0.25) is 14.2 Å². The van der Waals surface area contributed by atoms with E-state index in [0.29, 0.717) is 11.0 Å². The Labute approximate surface area is 108 Å². The first-order valence-corrected chi connectivity index (χ1v) is 5.32. The number of hydrogen-bond acceptors (Lipinski definition) is 3. The molecule has 1 N–H and O–H groups in total. The molecular weight excluding hydrogens is 246 g/mol. The highest BCUT2D eigenvalue weighted by Gasteiger charge is 2.10. The fourth-order valence-corrected chi connectivity index (χ4v) is 1.71. The Hall–Kier alpha value is -2.94. The van der Waals surface area contributed by atoms with Gasteiger partial charge in [0.05, 0.1) is 6.57 Å². The van der Waals surface area contributed by atoms with Crippen LogP contribution in [0.15, 0.2) is 34.9 Å². The molecular formula is C13H9N3O3. The molecule has 0 aliphatic heterocycles. The average molecular weight is 255 g/mol. The Bertz CT molecular complexity index is 797. The molecule has 0 saturated carbocycles. The third kappa shape index (κ3) is 2.21. The van der Waals surface area contributed by atoms with Crippen LogP contribution >= 0.6 is 0 Å². The number of aliphatic carboxylic acids is 1. The van der Waals surface area contributed by atoms with Crippen LogP contribution in [0.1, 0.15) is 5.56 Å². The zero-order valence-electron chi connectivity index (χ0n) is 9.99. The van der Waals surface area contributed by atoms with E-state index in [0.717, 1.165) is 6.08 Å². The Balaban J connectivity index is 2.77. The monoisotopic (exact) mass is 255 g/mol. The lowest BCUT2D eigenvalue weighted by Gasteiger charge is -2.05. The van der Waals surface area contributed by atoms with E-state index in [9.17, 15) is 9.59 Å². The van der Waals surface area contributed by atoms with Crippen molar-refractivity contribution in [3.63, 3.8) is 0 Å². The first kappa shape index (κ1) is 12.5. The molecule has 0 amide bonds. The topological polar surface area (TPSA) is 76.5 Å². The molecule has 0 bridgehead atoms. The first-order valence-electron chi connectivity index (χ1n) is 5.32. The maximum absolute atomic E-state index is 12.0. The van der Waals surface area contributed by atoms with Gasteiger partial charge >= 0.3 is 5.97 Å². The van der Waals surface area contributed by atoms with Gasteiger partial charge in [-0.15, -0.1) is 0 Å². The predicted octanol–water partition coefficient (Wildman–Crippen LogP) is 1.28. The molecule has 0 aliphatic carbocycles. The van der Waals surface area contributed by atoms with Crippen molar-refractivity contribution in [2.45, 2.75) is 0 Å². The largest absolute Gasteiger partial charge is 0.486 e. The van der Waals surface area contributed by atoms with Crippen LogP contribution in [0.2, 0.25) is 0 Å². The van der Waals surface area contributed by atoms with Gasteiger partial charge in [0.2, 0.25) is 0 Å². The number of fused-ring (bicyclic) bond motifs is 1. The van der Waals surface area contributed by atoms with Crippen molar-refractivity contribution >= 4 is 23.1 Å². The second-order valence-electron chi connectivity index (χ2n) is 3.83. The van der Waals surface area contributed by atoms with Gasteiger partial charge in [-0.25, -0.2) is 9.83 Å². The summed E-state index contributed by atoms with van der Waals surface area (Å²) in [6.07, 6.45) is 2.64. The quantitative estimate of drug-likeness (QED) is 0.647. The molecule has 0 saturated heterocycles. The van der Waals surface area contributed by atoms with Gasteiger partial charge in [-0.2, -0.15) is 0 Å². The van der Waals surface area contributed by atoms with Crippen molar-refractivity contribution in [1.29, 1.82) is 0 Å². The molecule has 0 aromatic carbocycles. The lowest BCUT2D eigenvalue weighted by atomic mass is 10.2. The highest BCUT2D eigenvalue weighted by Crippen LogP contribution is 2.12. The van der Waals surface area contributed by atoms with E-state index in [1.165, 1.54) is 10.6 Å². The standard InChI is InChI=1S/C13H9N3O3/c1-14-10(13(18)19)7-9-6-8-4-3-5-15-11(8)16(2)12(9)17/h3-7H,2H3,(H,18,19)/b10-7-. The van der Waals surface area contributed by atoms with Gasteiger partial charge in [0, 0.05) is 24.2 Å². The van der Waals surface area contributed by atoms with Crippen molar-refractivity contribution in [3.8, 4) is 0 Å². The molecule has 19 heavy (non-hydrogen) atoms. The third-order valence-electron chi connectivity index (χ3n) is 2.63. The second kappa shape index (κ2) is 4.74. The molecule has 6 heteroatoms. The van der Waals surface area contributed by atoms with E-state index in [4.69, 9.17) is 11.7 Å². The Morgan fingerprint density at radius 1 is 1.58 bits per heavy atom. The fraction of sp³-hybridized carbons (Fsp3) is 0.0769. The summed E-state index contributed by atoms with van der Waals surface area (Å²) in [5.74, 6) is -1.36. The van der Waals surface area contributed by atoms with E-state index < -0.39 is 17.2 Å². The van der Waals surface area contributed by atoms with Crippen molar-refractivity contribution in [3.05, 3.63) is 57.4 Å². The first-order chi connectivity index (χ1) is 9.04. The molecule has 0 radical (unpaired) electrons. The molecule has 6 nitrogen and oxygen atoms in total. The van der Waals surface area contributed by atoms with Crippen LogP contribution in [0.4, 0.5) is 0 Å². The number of carboxylic acids is 1. The second-order valence-corrected chi connectivity index (χ2v) is 3.83. The molecule has 2 rings (SSSR count). The van der Waals surface area contributed by atoms with Gasteiger partial charge < -0.3 is 5.11 Å². The van der Waals surface area contributed by atoms with Gasteiger partial charge in [0.15, 0.2) is 0 Å². The molecule has 0 fully saturated rings. The summed E-state index contributed by atoms with van der Waals surface area (Å²) in [6, 6.07) is 5.00. The highest BCUT2D eigenvalue weighted by molar-refractivity contribution is 5.94. The average Bonchev–Trinajstić information content (AvgIpc) is 2.41. The zero-order valence-corrected chi connectivity index (χ0v) is 9.99. The van der Waals surface area contributed by atoms with Crippen molar-refractivity contribution in [2.75, 3.05) is 0 Å².